The first-order chi connectivity index (χ1) is 14.3. The van der Waals surface area contributed by atoms with E-state index in [1.807, 2.05) is 0 Å². The fraction of sp³-hybridized carbons (Fsp3) is 0.524. The summed E-state index contributed by atoms with van der Waals surface area (Å²) in [6, 6.07) is 4.70. The molecule has 1 aromatic carbocycles. The number of benzene rings is 1. The third kappa shape index (κ3) is 5.33. The fourth-order valence-electron chi connectivity index (χ4n) is 3.61. The molecule has 2 aromatic rings. The van der Waals surface area contributed by atoms with E-state index in [0.29, 0.717) is 19.1 Å². The van der Waals surface area contributed by atoms with Gasteiger partial charge in [0, 0.05) is 6.54 Å². The number of nitrogens with zero attached hydrogens (tertiary/aromatic N) is 2. The Balaban J connectivity index is 1.63. The summed E-state index contributed by atoms with van der Waals surface area (Å²) >= 11 is 0. The van der Waals surface area contributed by atoms with Crippen LogP contribution in [-0.2, 0) is 10.9 Å². The van der Waals surface area contributed by atoms with Gasteiger partial charge in [0.2, 0.25) is 0 Å². The van der Waals surface area contributed by atoms with Crippen LogP contribution in [0.1, 0.15) is 48.7 Å². The molecule has 3 rings (SSSR count). The quantitative estimate of drug-likeness (QED) is 0.675. The molecule has 0 radical (unpaired) electrons. The normalized spacial score (nSPS) is 19.5. The highest BCUT2D eigenvalue weighted by atomic mass is 19.4. The molecule has 164 valence electrons. The van der Waals surface area contributed by atoms with Gasteiger partial charge < -0.3 is 14.8 Å². The standard InChI is InChI=1S/C21H26F3N3O3/c1-14-6-3-4-9-17(14)30-11-10-25-20(28)19-18(29-2)13-27(26-19)16-8-5-7-15(12-16)21(22,23)24/h5,7-8,12-14,17H,3-4,6,9-11H2,1-2H3,(H,25,28). The first-order valence-corrected chi connectivity index (χ1v) is 10.0. The van der Waals surface area contributed by atoms with Crippen LogP contribution >= 0.6 is 0 Å². The summed E-state index contributed by atoms with van der Waals surface area (Å²) in [5.74, 6) is 0.210. The maximum absolute atomic E-state index is 13.0. The average molecular weight is 425 g/mol. The van der Waals surface area contributed by atoms with Gasteiger partial charge in [-0.05, 0) is 37.0 Å². The van der Waals surface area contributed by atoms with Gasteiger partial charge in [-0.25, -0.2) is 4.68 Å². The SMILES string of the molecule is COc1cn(-c2cccc(C(F)(F)F)c2)nc1C(=O)NCCOC1CCCCC1C. The fourth-order valence-corrected chi connectivity index (χ4v) is 3.61. The van der Waals surface area contributed by atoms with Crippen molar-refractivity contribution in [2.75, 3.05) is 20.3 Å². The number of amides is 1. The molecule has 2 unspecified atom stereocenters. The predicted molar refractivity (Wildman–Crippen MR) is 105 cm³/mol. The first kappa shape index (κ1) is 22.1. The summed E-state index contributed by atoms with van der Waals surface area (Å²) in [5, 5.41) is 6.86. The van der Waals surface area contributed by atoms with Gasteiger partial charge in [0.1, 0.15) is 0 Å². The van der Waals surface area contributed by atoms with Crippen LogP contribution < -0.4 is 10.1 Å². The van der Waals surface area contributed by atoms with Crippen LogP contribution in [0.4, 0.5) is 13.2 Å². The lowest BCUT2D eigenvalue weighted by atomic mass is 9.88. The smallest absolute Gasteiger partial charge is 0.416 e. The minimum atomic E-state index is -4.47. The number of ether oxygens (including phenoxy) is 2. The van der Waals surface area contributed by atoms with Crippen LogP contribution in [0, 0.1) is 5.92 Å². The molecule has 1 saturated carbocycles. The van der Waals surface area contributed by atoms with E-state index in [4.69, 9.17) is 9.47 Å². The Labute approximate surface area is 173 Å². The molecule has 0 bridgehead atoms. The molecule has 0 saturated heterocycles. The monoisotopic (exact) mass is 425 g/mol. The second kappa shape index (κ2) is 9.51. The minimum absolute atomic E-state index is 0.000876. The maximum atomic E-state index is 13.0. The van der Waals surface area contributed by atoms with Gasteiger partial charge >= 0.3 is 6.18 Å². The molecular weight excluding hydrogens is 399 g/mol. The third-order valence-corrected chi connectivity index (χ3v) is 5.31. The molecule has 2 atom stereocenters. The van der Waals surface area contributed by atoms with E-state index in [-0.39, 0.29) is 23.2 Å². The summed E-state index contributed by atoms with van der Waals surface area (Å²) in [6.07, 6.45) is 1.70. The van der Waals surface area contributed by atoms with Crippen molar-refractivity contribution < 1.29 is 27.4 Å². The molecule has 0 aliphatic heterocycles. The Morgan fingerprint density at radius 2 is 2.07 bits per heavy atom. The molecule has 1 N–H and O–H groups in total. The molecule has 0 spiro atoms. The van der Waals surface area contributed by atoms with Crippen molar-refractivity contribution in [3.8, 4) is 11.4 Å². The number of carbonyl (C=O) groups excluding carboxylic acids is 1. The summed E-state index contributed by atoms with van der Waals surface area (Å²) in [6.45, 7) is 2.87. The number of methoxy groups -OCH3 is 1. The molecule has 1 heterocycles. The molecule has 1 aliphatic rings. The zero-order valence-corrected chi connectivity index (χ0v) is 17.0. The zero-order valence-electron chi connectivity index (χ0n) is 17.0. The molecular formula is C21H26F3N3O3. The van der Waals surface area contributed by atoms with Gasteiger partial charge in [-0.2, -0.15) is 18.3 Å². The topological polar surface area (TPSA) is 65.4 Å². The van der Waals surface area contributed by atoms with Crippen LogP contribution in [0.2, 0.25) is 0 Å². The van der Waals surface area contributed by atoms with Gasteiger partial charge in [0.15, 0.2) is 11.4 Å². The summed E-state index contributed by atoms with van der Waals surface area (Å²) in [5.41, 5.74) is -0.618. The van der Waals surface area contributed by atoms with E-state index >= 15 is 0 Å². The van der Waals surface area contributed by atoms with E-state index in [0.717, 1.165) is 31.4 Å². The molecule has 6 nitrogen and oxygen atoms in total. The summed E-state index contributed by atoms with van der Waals surface area (Å²) in [4.78, 5) is 12.5. The van der Waals surface area contributed by atoms with Crippen LogP contribution in [0.3, 0.4) is 0 Å². The second-order valence-electron chi connectivity index (χ2n) is 7.47. The van der Waals surface area contributed by atoms with Crippen LogP contribution in [0.5, 0.6) is 5.75 Å². The number of carbonyl (C=O) groups is 1. The third-order valence-electron chi connectivity index (χ3n) is 5.31. The van der Waals surface area contributed by atoms with Gasteiger partial charge in [-0.15, -0.1) is 0 Å². The van der Waals surface area contributed by atoms with Crippen LogP contribution in [0.25, 0.3) is 5.69 Å². The van der Waals surface area contributed by atoms with Crippen LogP contribution in [-0.4, -0.2) is 42.1 Å². The Hall–Kier alpha value is -2.55. The summed E-state index contributed by atoms with van der Waals surface area (Å²) < 4.78 is 51.2. The van der Waals surface area contributed by atoms with Crippen molar-refractivity contribution in [2.45, 2.75) is 44.9 Å². The lowest BCUT2D eigenvalue weighted by Crippen LogP contribution is -2.32. The van der Waals surface area contributed by atoms with E-state index < -0.39 is 17.6 Å². The van der Waals surface area contributed by atoms with Crippen molar-refractivity contribution in [1.29, 1.82) is 0 Å². The van der Waals surface area contributed by atoms with Gasteiger partial charge in [-0.3, -0.25) is 4.79 Å². The Morgan fingerprint density at radius 3 is 2.77 bits per heavy atom. The van der Waals surface area contributed by atoms with Crippen molar-refractivity contribution in [1.82, 2.24) is 15.1 Å². The molecule has 30 heavy (non-hydrogen) atoms. The lowest BCUT2D eigenvalue weighted by Gasteiger charge is -2.28. The van der Waals surface area contributed by atoms with Gasteiger partial charge in [0.25, 0.3) is 5.91 Å². The molecule has 9 heteroatoms. The lowest BCUT2D eigenvalue weighted by molar-refractivity contribution is -0.137. The molecule has 1 aromatic heterocycles. The molecule has 1 amide bonds. The first-order valence-electron chi connectivity index (χ1n) is 10.0. The highest BCUT2D eigenvalue weighted by Gasteiger charge is 2.31. The number of nitrogens with one attached hydrogen (secondary N) is 1. The van der Waals surface area contributed by atoms with E-state index in [9.17, 15) is 18.0 Å². The van der Waals surface area contributed by atoms with Crippen molar-refractivity contribution in [2.24, 2.45) is 5.92 Å². The number of alkyl halides is 3. The summed E-state index contributed by atoms with van der Waals surface area (Å²) in [7, 11) is 1.37. The molecule has 1 aliphatic carbocycles. The Morgan fingerprint density at radius 1 is 1.30 bits per heavy atom. The van der Waals surface area contributed by atoms with Gasteiger partial charge in [0.05, 0.1) is 37.3 Å². The van der Waals surface area contributed by atoms with E-state index in [1.54, 1.807) is 0 Å². The van der Waals surface area contributed by atoms with Crippen molar-refractivity contribution in [3.63, 3.8) is 0 Å². The van der Waals surface area contributed by atoms with Crippen molar-refractivity contribution >= 4 is 5.91 Å². The number of hydrogen-bond donors (Lipinski definition) is 1. The average Bonchev–Trinajstić information content (AvgIpc) is 3.16. The Kier molecular flexibility index (Phi) is 7.02. The minimum Gasteiger partial charge on any atom is -0.493 e. The largest absolute Gasteiger partial charge is 0.493 e. The predicted octanol–water partition coefficient (Wildman–Crippen LogP) is 4.22. The molecule has 1 fully saturated rings. The number of halogens is 3. The number of rotatable bonds is 7. The zero-order chi connectivity index (χ0) is 21.7. The van der Waals surface area contributed by atoms with Crippen molar-refractivity contribution in [3.05, 3.63) is 41.7 Å². The Bertz CT molecular complexity index is 867. The highest BCUT2D eigenvalue weighted by molar-refractivity contribution is 5.94. The highest BCUT2D eigenvalue weighted by Crippen LogP contribution is 2.31. The van der Waals surface area contributed by atoms with Gasteiger partial charge in [-0.1, -0.05) is 25.8 Å². The number of hydrogen-bond acceptors (Lipinski definition) is 4. The number of aromatic nitrogens is 2. The van der Waals surface area contributed by atoms with E-state index in [2.05, 4.69) is 17.3 Å². The van der Waals surface area contributed by atoms with Crippen LogP contribution in [0.15, 0.2) is 30.5 Å². The maximum Gasteiger partial charge on any atom is 0.416 e. The van der Waals surface area contributed by atoms with E-state index in [1.165, 1.54) is 36.5 Å². The second-order valence-corrected chi connectivity index (χ2v) is 7.47.